The summed E-state index contributed by atoms with van der Waals surface area (Å²) in [6.07, 6.45) is 0. The summed E-state index contributed by atoms with van der Waals surface area (Å²) in [5.74, 6) is 4.40. The second-order valence-electron chi connectivity index (χ2n) is 2.18. The minimum Gasteiger partial charge on any atom is -0.300 e. The molecule has 12 heavy (non-hydrogen) atoms. The smallest absolute Gasteiger partial charge is 0.139 e. The summed E-state index contributed by atoms with van der Waals surface area (Å²) in [7, 11) is 0. The maximum absolute atomic E-state index is 12.9. The Kier molecular flexibility index (Phi) is 3.46. The van der Waals surface area contributed by atoms with Gasteiger partial charge in [-0.3, -0.25) is 4.84 Å². The third-order valence-corrected chi connectivity index (χ3v) is 2.63. The average molecular weight is 254 g/mol. The fraction of sp³-hybridized carbons (Fsp3) is 0.143. The molecule has 2 nitrogen and oxygen atoms in total. The highest BCUT2D eigenvalue weighted by molar-refractivity contribution is 9.10. The first kappa shape index (κ1) is 9.92. The SMILES string of the molecule is NOCc1cc(F)c(Br)c(Cl)c1. The van der Waals surface area contributed by atoms with Gasteiger partial charge >= 0.3 is 0 Å². The third kappa shape index (κ3) is 2.17. The zero-order chi connectivity index (χ0) is 9.14. The lowest BCUT2D eigenvalue weighted by atomic mass is 10.2. The first-order valence-electron chi connectivity index (χ1n) is 3.10. The first-order valence-corrected chi connectivity index (χ1v) is 4.27. The van der Waals surface area contributed by atoms with E-state index in [2.05, 4.69) is 20.8 Å². The molecule has 1 aromatic carbocycles. The Bertz CT molecular complexity index is 272. The fourth-order valence-corrected chi connectivity index (χ4v) is 1.25. The van der Waals surface area contributed by atoms with Crippen molar-refractivity contribution in [1.29, 1.82) is 0 Å². The highest BCUT2D eigenvalue weighted by Gasteiger charge is 2.06. The minimum atomic E-state index is -0.422. The van der Waals surface area contributed by atoms with Crippen LogP contribution in [0.3, 0.4) is 0 Å². The minimum absolute atomic E-state index is 0.143. The van der Waals surface area contributed by atoms with Crippen molar-refractivity contribution in [1.82, 2.24) is 0 Å². The zero-order valence-corrected chi connectivity index (χ0v) is 8.32. The van der Waals surface area contributed by atoms with Crippen LogP contribution >= 0.6 is 27.5 Å². The van der Waals surface area contributed by atoms with Crippen LogP contribution in [0.1, 0.15) is 5.56 Å². The van der Waals surface area contributed by atoms with Gasteiger partial charge in [0.1, 0.15) is 5.82 Å². The summed E-state index contributed by atoms with van der Waals surface area (Å²) in [4.78, 5) is 4.34. The molecule has 0 fully saturated rings. The molecule has 0 amide bonds. The van der Waals surface area contributed by atoms with E-state index in [0.717, 1.165) is 0 Å². The highest BCUT2D eigenvalue weighted by atomic mass is 79.9. The zero-order valence-electron chi connectivity index (χ0n) is 5.98. The number of nitrogens with two attached hydrogens (primary N) is 1. The molecule has 0 saturated carbocycles. The van der Waals surface area contributed by atoms with E-state index in [4.69, 9.17) is 17.5 Å². The molecule has 0 atom stereocenters. The Balaban J connectivity index is 3.04. The maximum atomic E-state index is 12.9. The number of hydrogen-bond acceptors (Lipinski definition) is 2. The van der Waals surface area contributed by atoms with E-state index in [1.165, 1.54) is 6.07 Å². The second kappa shape index (κ2) is 4.18. The molecular formula is C7H6BrClFNO. The van der Waals surface area contributed by atoms with Gasteiger partial charge in [-0.15, -0.1) is 0 Å². The highest BCUT2D eigenvalue weighted by Crippen LogP contribution is 2.26. The molecule has 2 N–H and O–H groups in total. The van der Waals surface area contributed by atoms with Gasteiger partial charge < -0.3 is 0 Å². The van der Waals surface area contributed by atoms with Crippen LogP contribution in [0.4, 0.5) is 4.39 Å². The summed E-state index contributed by atoms with van der Waals surface area (Å²) >= 11 is 8.66. The molecule has 1 aromatic rings. The quantitative estimate of drug-likeness (QED) is 0.650. The van der Waals surface area contributed by atoms with Gasteiger partial charge in [0.05, 0.1) is 16.1 Å². The van der Waals surface area contributed by atoms with Gasteiger partial charge in [0.2, 0.25) is 0 Å². The molecule has 66 valence electrons. The first-order chi connectivity index (χ1) is 5.65. The van der Waals surface area contributed by atoms with Gasteiger partial charge in [-0.25, -0.2) is 10.3 Å². The lowest BCUT2D eigenvalue weighted by molar-refractivity contribution is 0.124. The molecule has 0 aliphatic heterocycles. The molecule has 1 rings (SSSR count). The van der Waals surface area contributed by atoms with Crippen LogP contribution in [0.25, 0.3) is 0 Å². The van der Waals surface area contributed by atoms with Crippen molar-refractivity contribution in [2.45, 2.75) is 6.61 Å². The Hall–Kier alpha value is -0.160. The molecule has 0 radical (unpaired) electrons. The summed E-state index contributed by atoms with van der Waals surface area (Å²) in [5, 5.41) is 0.307. The van der Waals surface area contributed by atoms with Gasteiger partial charge in [0.25, 0.3) is 0 Å². The molecule has 0 bridgehead atoms. The Morgan fingerprint density at radius 3 is 2.75 bits per heavy atom. The lowest BCUT2D eigenvalue weighted by Gasteiger charge is -2.02. The average Bonchev–Trinajstić information content (AvgIpc) is 2.01. The van der Waals surface area contributed by atoms with E-state index in [0.29, 0.717) is 10.6 Å². The van der Waals surface area contributed by atoms with E-state index >= 15 is 0 Å². The van der Waals surface area contributed by atoms with Crippen molar-refractivity contribution >= 4 is 27.5 Å². The normalized spacial score (nSPS) is 10.3. The van der Waals surface area contributed by atoms with Crippen molar-refractivity contribution in [3.05, 3.63) is 33.0 Å². The molecule has 0 unspecified atom stereocenters. The van der Waals surface area contributed by atoms with Gasteiger partial charge in [0, 0.05) is 0 Å². The van der Waals surface area contributed by atoms with Crippen LogP contribution in [-0.4, -0.2) is 0 Å². The Morgan fingerprint density at radius 1 is 1.58 bits per heavy atom. The molecule has 0 heterocycles. The van der Waals surface area contributed by atoms with E-state index in [1.54, 1.807) is 6.07 Å². The number of hydrogen-bond donors (Lipinski definition) is 1. The standard InChI is InChI=1S/C7H6BrClFNO/c8-7-5(9)1-4(3-12-11)2-6(7)10/h1-2H,3,11H2. The van der Waals surface area contributed by atoms with E-state index < -0.39 is 5.82 Å². The summed E-state index contributed by atoms with van der Waals surface area (Å²) < 4.78 is 13.2. The van der Waals surface area contributed by atoms with Crippen molar-refractivity contribution < 1.29 is 9.23 Å². The molecule has 0 spiro atoms. The fourth-order valence-electron chi connectivity index (χ4n) is 0.788. The predicted molar refractivity (Wildman–Crippen MR) is 48.1 cm³/mol. The van der Waals surface area contributed by atoms with Gasteiger partial charge in [0.15, 0.2) is 0 Å². The van der Waals surface area contributed by atoms with E-state index in [9.17, 15) is 4.39 Å². The Labute approximate surface area is 82.5 Å². The van der Waals surface area contributed by atoms with Crippen LogP contribution < -0.4 is 5.90 Å². The van der Waals surface area contributed by atoms with Crippen LogP contribution in [0.2, 0.25) is 5.02 Å². The number of rotatable bonds is 2. The maximum Gasteiger partial charge on any atom is 0.139 e. The van der Waals surface area contributed by atoms with Crippen LogP contribution in [0.15, 0.2) is 16.6 Å². The summed E-state index contributed by atoms with van der Waals surface area (Å²) in [6, 6.07) is 2.89. The number of halogens is 3. The third-order valence-electron chi connectivity index (χ3n) is 1.29. The molecular weight excluding hydrogens is 248 g/mol. The topological polar surface area (TPSA) is 35.2 Å². The van der Waals surface area contributed by atoms with E-state index in [1.807, 2.05) is 0 Å². The van der Waals surface area contributed by atoms with Gasteiger partial charge in [-0.05, 0) is 33.6 Å². The van der Waals surface area contributed by atoms with E-state index in [-0.39, 0.29) is 11.1 Å². The number of benzene rings is 1. The molecule has 0 aromatic heterocycles. The predicted octanol–water partition coefficient (Wildman–Crippen LogP) is 2.63. The van der Waals surface area contributed by atoms with Gasteiger partial charge in [-0.1, -0.05) is 11.6 Å². The van der Waals surface area contributed by atoms with Crippen LogP contribution in [-0.2, 0) is 11.4 Å². The van der Waals surface area contributed by atoms with Crippen molar-refractivity contribution in [3.63, 3.8) is 0 Å². The molecule has 0 aliphatic rings. The lowest BCUT2D eigenvalue weighted by Crippen LogP contribution is -1.99. The van der Waals surface area contributed by atoms with Crippen LogP contribution in [0, 0.1) is 5.82 Å². The Morgan fingerprint density at radius 2 is 2.25 bits per heavy atom. The second-order valence-corrected chi connectivity index (χ2v) is 3.38. The summed E-state index contributed by atoms with van der Waals surface area (Å²) in [5.41, 5.74) is 0.600. The molecule has 0 saturated heterocycles. The molecule has 0 aliphatic carbocycles. The van der Waals surface area contributed by atoms with Crippen molar-refractivity contribution in [3.8, 4) is 0 Å². The summed E-state index contributed by atoms with van der Waals surface area (Å²) in [6.45, 7) is 0.143. The largest absolute Gasteiger partial charge is 0.300 e. The van der Waals surface area contributed by atoms with Gasteiger partial charge in [-0.2, -0.15) is 0 Å². The van der Waals surface area contributed by atoms with Crippen molar-refractivity contribution in [2.75, 3.05) is 0 Å². The monoisotopic (exact) mass is 253 g/mol. The van der Waals surface area contributed by atoms with Crippen molar-refractivity contribution in [2.24, 2.45) is 5.90 Å². The van der Waals surface area contributed by atoms with Crippen LogP contribution in [0.5, 0.6) is 0 Å². The molecule has 5 heteroatoms.